The normalized spacial score (nSPS) is 10.2. The molecular weight excluding hydrogens is 264 g/mol. The molecule has 1 rings (SSSR count). The molecular formula is C13H18N2O5. The van der Waals surface area contributed by atoms with Gasteiger partial charge in [-0.05, 0) is 6.42 Å². The maximum atomic E-state index is 10.9. The van der Waals surface area contributed by atoms with Crippen LogP contribution < -0.4 is 4.74 Å². The second-order valence-corrected chi connectivity index (χ2v) is 4.37. The van der Waals surface area contributed by atoms with Crippen LogP contribution in [0.4, 0.5) is 5.69 Å². The van der Waals surface area contributed by atoms with Crippen molar-refractivity contribution in [2.75, 3.05) is 6.61 Å². The number of aromatic nitrogens is 1. The van der Waals surface area contributed by atoms with Gasteiger partial charge in [0.15, 0.2) is 0 Å². The minimum Gasteiger partial charge on any atom is -0.478 e. The summed E-state index contributed by atoms with van der Waals surface area (Å²) in [6.07, 6.45) is 6.25. The number of aromatic carboxylic acids is 1. The molecule has 0 amide bonds. The summed E-state index contributed by atoms with van der Waals surface area (Å²) in [7, 11) is 0. The van der Waals surface area contributed by atoms with E-state index in [-0.39, 0.29) is 11.4 Å². The molecule has 0 spiro atoms. The lowest BCUT2D eigenvalue weighted by atomic mass is 10.2. The molecule has 0 atom stereocenters. The molecule has 0 aromatic carbocycles. The van der Waals surface area contributed by atoms with Gasteiger partial charge in [0.25, 0.3) is 5.88 Å². The Kier molecular flexibility index (Phi) is 6.42. The minimum atomic E-state index is -1.26. The quantitative estimate of drug-likeness (QED) is 0.424. The lowest BCUT2D eigenvalue weighted by Gasteiger charge is -2.06. The number of carbonyl (C=O) groups is 1. The summed E-state index contributed by atoms with van der Waals surface area (Å²) in [6, 6.07) is 0.960. The van der Waals surface area contributed by atoms with E-state index in [1.165, 1.54) is 0 Å². The number of nitrogens with zero attached hydrogens (tertiary/aromatic N) is 2. The Morgan fingerprint density at radius 2 is 2.10 bits per heavy atom. The number of hydrogen-bond acceptors (Lipinski definition) is 5. The third-order valence-corrected chi connectivity index (χ3v) is 2.76. The number of ether oxygens (including phenoxy) is 1. The van der Waals surface area contributed by atoms with E-state index < -0.39 is 16.6 Å². The van der Waals surface area contributed by atoms with Gasteiger partial charge in [-0.15, -0.1) is 0 Å². The van der Waals surface area contributed by atoms with Crippen LogP contribution in [-0.4, -0.2) is 27.6 Å². The van der Waals surface area contributed by atoms with Crippen molar-refractivity contribution >= 4 is 11.7 Å². The van der Waals surface area contributed by atoms with Crippen LogP contribution >= 0.6 is 0 Å². The van der Waals surface area contributed by atoms with E-state index in [0.717, 1.165) is 44.4 Å². The predicted molar refractivity (Wildman–Crippen MR) is 72.1 cm³/mol. The number of hydrogen-bond donors (Lipinski definition) is 1. The van der Waals surface area contributed by atoms with E-state index in [0.29, 0.717) is 6.61 Å². The van der Waals surface area contributed by atoms with Crippen molar-refractivity contribution in [3.05, 3.63) is 27.9 Å². The van der Waals surface area contributed by atoms with Gasteiger partial charge < -0.3 is 9.84 Å². The van der Waals surface area contributed by atoms with Gasteiger partial charge in [0.2, 0.25) is 0 Å². The first-order valence-electron chi connectivity index (χ1n) is 6.56. The Labute approximate surface area is 116 Å². The Bertz CT molecular complexity index is 476. The maximum absolute atomic E-state index is 10.9. The van der Waals surface area contributed by atoms with Crippen molar-refractivity contribution in [2.24, 2.45) is 0 Å². The van der Waals surface area contributed by atoms with Crippen molar-refractivity contribution in [1.29, 1.82) is 0 Å². The van der Waals surface area contributed by atoms with E-state index in [1.54, 1.807) is 0 Å². The number of rotatable bonds is 9. The van der Waals surface area contributed by atoms with Crippen LogP contribution in [0.15, 0.2) is 12.3 Å². The highest BCUT2D eigenvalue weighted by molar-refractivity contribution is 5.88. The third kappa shape index (κ3) is 4.83. The molecule has 0 bridgehead atoms. The second-order valence-electron chi connectivity index (χ2n) is 4.37. The number of carboxylic acids is 1. The van der Waals surface area contributed by atoms with E-state index in [9.17, 15) is 14.9 Å². The Hall–Kier alpha value is -2.18. The van der Waals surface area contributed by atoms with E-state index >= 15 is 0 Å². The average molecular weight is 282 g/mol. The molecule has 0 fully saturated rings. The first-order chi connectivity index (χ1) is 9.56. The van der Waals surface area contributed by atoms with Crippen molar-refractivity contribution < 1.29 is 19.6 Å². The molecule has 0 unspecified atom stereocenters. The van der Waals surface area contributed by atoms with E-state index in [2.05, 4.69) is 11.9 Å². The molecule has 1 heterocycles. The van der Waals surface area contributed by atoms with Crippen LogP contribution in [0.1, 0.15) is 49.4 Å². The number of pyridine rings is 1. The fraction of sp³-hybridized carbons (Fsp3) is 0.538. The summed E-state index contributed by atoms with van der Waals surface area (Å²) < 4.78 is 5.27. The molecule has 0 aliphatic heterocycles. The lowest BCUT2D eigenvalue weighted by Crippen LogP contribution is -2.05. The summed E-state index contributed by atoms with van der Waals surface area (Å²) in [5.41, 5.74) is -0.648. The van der Waals surface area contributed by atoms with Gasteiger partial charge in [0.05, 0.1) is 17.1 Å². The van der Waals surface area contributed by atoms with E-state index in [1.807, 2.05) is 0 Å². The molecule has 110 valence electrons. The molecule has 0 aliphatic rings. The van der Waals surface area contributed by atoms with Crippen LogP contribution in [0.25, 0.3) is 0 Å². The van der Waals surface area contributed by atoms with Gasteiger partial charge in [-0.1, -0.05) is 32.6 Å². The fourth-order valence-electron chi connectivity index (χ4n) is 1.67. The average Bonchev–Trinajstić information content (AvgIpc) is 2.42. The van der Waals surface area contributed by atoms with Gasteiger partial charge in [-0.25, -0.2) is 9.78 Å². The number of carboxylic acid groups (broad SMARTS) is 1. The molecule has 0 saturated heterocycles. The van der Waals surface area contributed by atoms with Crippen LogP contribution in [0.2, 0.25) is 0 Å². The van der Waals surface area contributed by atoms with Crippen LogP contribution in [-0.2, 0) is 0 Å². The predicted octanol–water partition coefficient (Wildman–Crippen LogP) is 3.04. The fourth-order valence-corrected chi connectivity index (χ4v) is 1.67. The monoisotopic (exact) mass is 282 g/mol. The van der Waals surface area contributed by atoms with Gasteiger partial charge >= 0.3 is 11.7 Å². The molecule has 7 nitrogen and oxygen atoms in total. The Morgan fingerprint density at radius 3 is 2.70 bits per heavy atom. The van der Waals surface area contributed by atoms with Gasteiger partial charge in [0.1, 0.15) is 0 Å². The first kappa shape index (κ1) is 15.9. The molecule has 0 radical (unpaired) electrons. The molecule has 1 aromatic heterocycles. The highest BCUT2D eigenvalue weighted by atomic mass is 16.6. The Morgan fingerprint density at radius 1 is 1.40 bits per heavy atom. The number of nitro groups is 1. The summed E-state index contributed by atoms with van der Waals surface area (Å²) in [4.78, 5) is 24.6. The highest BCUT2D eigenvalue weighted by Crippen LogP contribution is 2.25. The van der Waals surface area contributed by atoms with Crippen LogP contribution in [0.3, 0.4) is 0 Å². The van der Waals surface area contributed by atoms with Crippen molar-refractivity contribution in [2.45, 2.75) is 39.0 Å². The van der Waals surface area contributed by atoms with Crippen LogP contribution in [0, 0.1) is 10.1 Å². The molecule has 1 aromatic rings. The van der Waals surface area contributed by atoms with Gasteiger partial charge in [-0.3, -0.25) is 10.1 Å². The first-order valence-corrected chi connectivity index (χ1v) is 6.56. The highest BCUT2D eigenvalue weighted by Gasteiger charge is 2.20. The zero-order valence-corrected chi connectivity index (χ0v) is 11.4. The van der Waals surface area contributed by atoms with Crippen molar-refractivity contribution in [3.63, 3.8) is 0 Å². The van der Waals surface area contributed by atoms with Crippen LogP contribution in [0.5, 0.6) is 5.88 Å². The minimum absolute atomic E-state index is 0.129. The summed E-state index contributed by atoms with van der Waals surface area (Å²) in [6.45, 7) is 2.46. The van der Waals surface area contributed by atoms with E-state index in [4.69, 9.17) is 9.84 Å². The molecule has 0 saturated carbocycles. The largest absolute Gasteiger partial charge is 0.478 e. The zero-order valence-electron chi connectivity index (χ0n) is 11.4. The van der Waals surface area contributed by atoms with Crippen molar-refractivity contribution in [3.8, 4) is 5.88 Å². The topological polar surface area (TPSA) is 103 Å². The summed E-state index contributed by atoms with van der Waals surface area (Å²) in [5, 5.41) is 19.6. The Balaban J connectivity index is 2.60. The summed E-state index contributed by atoms with van der Waals surface area (Å²) in [5.74, 6) is -1.39. The third-order valence-electron chi connectivity index (χ3n) is 2.76. The van der Waals surface area contributed by atoms with Gasteiger partial charge in [-0.2, -0.15) is 0 Å². The molecule has 0 aliphatic carbocycles. The van der Waals surface area contributed by atoms with Crippen molar-refractivity contribution in [1.82, 2.24) is 4.98 Å². The standard InChI is InChI=1S/C13H18N2O5/c1-2-3-4-5-6-7-20-12-11(15(18)19)8-10(9-14-12)13(16)17/h8-9H,2-7H2,1H3,(H,16,17). The molecule has 1 N–H and O–H groups in total. The SMILES string of the molecule is CCCCCCCOc1ncc(C(=O)O)cc1[N+](=O)[O-]. The second kappa shape index (κ2) is 8.08. The maximum Gasteiger partial charge on any atom is 0.337 e. The zero-order chi connectivity index (χ0) is 15.0. The lowest BCUT2D eigenvalue weighted by molar-refractivity contribution is -0.386. The summed E-state index contributed by atoms with van der Waals surface area (Å²) >= 11 is 0. The smallest absolute Gasteiger partial charge is 0.337 e. The molecule has 7 heteroatoms. The molecule has 20 heavy (non-hydrogen) atoms. The number of unbranched alkanes of at least 4 members (excludes halogenated alkanes) is 4. The van der Waals surface area contributed by atoms with Gasteiger partial charge in [0, 0.05) is 12.3 Å².